The number of hydrogen-bond acceptors (Lipinski definition) is 8. The predicted molar refractivity (Wildman–Crippen MR) is 113 cm³/mol. The van der Waals surface area contributed by atoms with Gasteiger partial charge in [-0.05, 0) is 25.8 Å². The van der Waals surface area contributed by atoms with Crippen LogP contribution in [0.2, 0.25) is 0 Å². The molecule has 1 amide bonds. The lowest BCUT2D eigenvalue weighted by Gasteiger charge is -2.22. The summed E-state index contributed by atoms with van der Waals surface area (Å²) in [5, 5.41) is 7.60. The Balaban J connectivity index is 2.94. The van der Waals surface area contributed by atoms with Gasteiger partial charge in [-0.1, -0.05) is 33.4 Å². The summed E-state index contributed by atoms with van der Waals surface area (Å²) in [7, 11) is 3.06. The van der Waals surface area contributed by atoms with E-state index >= 15 is 0 Å². The topological polar surface area (TPSA) is 135 Å². The van der Waals surface area contributed by atoms with E-state index in [4.69, 9.17) is 31.2 Å². The minimum Gasteiger partial charge on any atom is -0.383 e. The van der Waals surface area contributed by atoms with Crippen molar-refractivity contribution in [2.75, 3.05) is 19.0 Å². The Morgan fingerprint density at radius 1 is 1.63 bits per heavy atom. The maximum absolute atomic E-state index is 11.6. The molecule has 0 radical (unpaired) electrons. The van der Waals surface area contributed by atoms with E-state index in [-0.39, 0.29) is 44.4 Å². The van der Waals surface area contributed by atoms with E-state index in [2.05, 4.69) is 11.8 Å². The van der Waals surface area contributed by atoms with Gasteiger partial charge in [0.2, 0.25) is 6.41 Å². The molecule has 0 aromatic rings. The summed E-state index contributed by atoms with van der Waals surface area (Å²) >= 11 is 0. The second kappa shape index (κ2) is 13.4. The van der Waals surface area contributed by atoms with Gasteiger partial charge in [-0.2, -0.15) is 0 Å². The Labute approximate surface area is 169 Å². The van der Waals surface area contributed by atoms with Crippen LogP contribution >= 0.6 is 30.4 Å². The average Bonchev–Trinajstić information content (AvgIpc) is 3.02. The van der Waals surface area contributed by atoms with Crippen LogP contribution in [0.3, 0.4) is 0 Å². The van der Waals surface area contributed by atoms with Crippen LogP contribution < -0.4 is 11.5 Å². The molecule has 5 atom stereocenters. The SMILES string of the molecule is CSS[C@H](C)OC1CC(N(C=O)/C=C(/C#CCN)C(=N)N)OC1CCPO. The summed E-state index contributed by atoms with van der Waals surface area (Å²) in [6.07, 6.45) is 4.73. The smallest absolute Gasteiger partial charge is 0.215 e. The second-order valence-electron chi connectivity index (χ2n) is 5.58. The van der Waals surface area contributed by atoms with Crippen LogP contribution in [-0.2, 0) is 14.3 Å². The molecular weight excluding hydrogens is 407 g/mol. The first kappa shape index (κ1) is 24.2. The highest BCUT2D eigenvalue weighted by Crippen LogP contribution is 2.33. The first-order valence-corrected chi connectivity index (χ1v) is 12.1. The number of carbonyl (C=O) groups excluding carboxylic acids is 1. The van der Waals surface area contributed by atoms with Crippen LogP contribution in [0.15, 0.2) is 11.8 Å². The van der Waals surface area contributed by atoms with Gasteiger partial charge in [-0.15, -0.1) is 0 Å². The fourth-order valence-electron chi connectivity index (χ4n) is 2.54. The summed E-state index contributed by atoms with van der Waals surface area (Å²) in [5.74, 6) is 5.05. The second-order valence-corrected chi connectivity index (χ2v) is 9.16. The van der Waals surface area contributed by atoms with Gasteiger partial charge in [0.15, 0.2) is 0 Å². The van der Waals surface area contributed by atoms with Gasteiger partial charge in [-0.25, -0.2) is 0 Å². The number of nitrogens with one attached hydrogen (secondary N) is 1. The summed E-state index contributed by atoms with van der Waals surface area (Å²) in [6.45, 7) is 2.09. The van der Waals surface area contributed by atoms with Gasteiger partial charge in [-0.3, -0.25) is 15.1 Å². The minimum atomic E-state index is -0.556. The molecule has 0 spiro atoms. The normalized spacial score (nSPS) is 23.9. The Morgan fingerprint density at radius 3 is 2.93 bits per heavy atom. The Kier molecular flexibility index (Phi) is 12.0. The van der Waals surface area contributed by atoms with Crippen LogP contribution in [-0.4, -0.2) is 64.9 Å². The van der Waals surface area contributed by atoms with Gasteiger partial charge in [0.1, 0.15) is 17.5 Å². The largest absolute Gasteiger partial charge is 0.383 e. The zero-order valence-corrected chi connectivity index (χ0v) is 18.0. The molecule has 1 heterocycles. The number of nitrogens with two attached hydrogens (primary N) is 2. The molecule has 152 valence electrons. The van der Waals surface area contributed by atoms with Gasteiger partial charge in [0, 0.05) is 21.4 Å². The van der Waals surface area contributed by atoms with Crippen molar-refractivity contribution in [1.29, 1.82) is 5.41 Å². The Morgan fingerprint density at radius 2 is 2.37 bits per heavy atom. The number of amides is 1. The first-order chi connectivity index (χ1) is 13.0. The molecule has 8 nitrogen and oxygen atoms in total. The summed E-state index contributed by atoms with van der Waals surface area (Å²) < 4.78 is 12.1. The van der Waals surface area contributed by atoms with Crippen LogP contribution in [0.1, 0.15) is 19.8 Å². The van der Waals surface area contributed by atoms with Gasteiger partial charge in [0.05, 0.1) is 24.3 Å². The Hall–Kier alpha value is -0.790. The predicted octanol–water partition coefficient (Wildman–Crippen LogP) is 1.06. The number of carbonyl (C=O) groups is 1. The van der Waals surface area contributed by atoms with E-state index in [0.717, 1.165) is 0 Å². The molecule has 11 heteroatoms. The van der Waals surface area contributed by atoms with E-state index in [0.29, 0.717) is 25.4 Å². The molecule has 1 rings (SSSR count). The highest BCUT2D eigenvalue weighted by atomic mass is 33.1. The highest BCUT2D eigenvalue weighted by molar-refractivity contribution is 8.76. The molecule has 6 N–H and O–H groups in total. The quantitative estimate of drug-likeness (QED) is 0.0721. The fraction of sp³-hybridized carbons (Fsp3) is 0.625. The van der Waals surface area contributed by atoms with E-state index < -0.39 is 6.23 Å². The van der Waals surface area contributed by atoms with Crippen molar-refractivity contribution in [3.8, 4) is 11.8 Å². The van der Waals surface area contributed by atoms with E-state index in [1.165, 1.54) is 11.1 Å². The standard InChI is InChI=1S/C16H27N4O4PS2/c1-11(27-26-2)23-14-8-15(24-13(14)5-7-25-22)20(10-21)9-12(16(18)19)4-3-6-17/h9-11,13-15,22,25H,5-8,17H2,1-2H3,(H3,18,19)/b12-9-/t11-,13?,14?,15?/m1/s1. The van der Waals surface area contributed by atoms with Crippen LogP contribution in [0, 0.1) is 17.3 Å². The molecule has 4 unspecified atom stereocenters. The molecule has 1 aliphatic rings. The zero-order chi connectivity index (χ0) is 20.2. The van der Waals surface area contributed by atoms with Gasteiger partial charge in [0.25, 0.3) is 0 Å². The summed E-state index contributed by atoms with van der Waals surface area (Å²) in [6, 6.07) is 0. The monoisotopic (exact) mass is 434 g/mol. The molecule has 0 aromatic heterocycles. The maximum Gasteiger partial charge on any atom is 0.215 e. The lowest BCUT2D eigenvalue weighted by Crippen LogP contribution is -2.31. The number of hydrogen-bond donors (Lipinski definition) is 4. The van der Waals surface area contributed by atoms with Crippen molar-refractivity contribution in [3.05, 3.63) is 11.8 Å². The third kappa shape index (κ3) is 8.40. The number of rotatable bonds is 11. The minimum absolute atomic E-state index is 0.0325. The molecule has 1 fully saturated rings. The molecule has 0 aliphatic carbocycles. The molecule has 1 saturated heterocycles. The molecule has 1 aliphatic heterocycles. The van der Waals surface area contributed by atoms with E-state index in [1.807, 2.05) is 13.2 Å². The molecular formula is C16H27N4O4PS2. The van der Waals surface area contributed by atoms with E-state index in [1.54, 1.807) is 21.6 Å². The molecule has 0 aromatic carbocycles. The van der Waals surface area contributed by atoms with Crippen LogP contribution in [0.25, 0.3) is 0 Å². The van der Waals surface area contributed by atoms with Gasteiger partial charge < -0.3 is 25.8 Å². The molecule has 0 saturated carbocycles. The maximum atomic E-state index is 11.6. The Bertz CT molecular complexity index is 585. The highest BCUT2D eigenvalue weighted by Gasteiger charge is 2.39. The van der Waals surface area contributed by atoms with Crippen molar-refractivity contribution in [2.45, 2.75) is 43.6 Å². The van der Waals surface area contributed by atoms with Crippen molar-refractivity contribution in [3.63, 3.8) is 0 Å². The number of ether oxygens (including phenoxy) is 2. The lowest BCUT2D eigenvalue weighted by atomic mass is 10.1. The first-order valence-electron chi connectivity index (χ1n) is 8.32. The van der Waals surface area contributed by atoms with Crippen molar-refractivity contribution < 1.29 is 19.2 Å². The van der Waals surface area contributed by atoms with Crippen molar-refractivity contribution >= 4 is 42.6 Å². The fourth-order valence-corrected chi connectivity index (χ4v) is 4.36. The average molecular weight is 435 g/mol. The molecule has 0 bridgehead atoms. The summed E-state index contributed by atoms with van der Waals surface area (Å²) in [5.41, 5.74) is 11.0. The van der Waals surface area contributed by atoms with Gasteiger partial charge >= 0.3 is 0 Å². The zero-order valence-electron chi connectivity index (χ0n) is 15.4. The third-order valence-corrected chi connectivity index (χ3v) is 6.14. The van der Waals surface area contributed by atoms with Crippen molar-refractivity contribution in [1.82, 2.24) is 4.90 Å². The summed E-state index contributed by atoms with van der Waals surface area (Å²) in [4.78, 5) is 22.1. The molecule has 27 heavy (non-hydrogen) atoms. The van der Waals surface area contributed by atoms with Crippen molar-refractivity contribution in [2.24, 2.45) is 11.5 Å². The van der Waals surface area contributed by atoms with E-state index in [9.17, 15) is 4.79 Å². The van der Waals surface area contributed by atoms with Crippen LogP contribution in [0.4, 0.5) is 0 Å². The third-order valence-electron chi connectivity index (χ3n) is 3.67. The number of nitrogens with zero attached hydrogens (tertiary/aromatic N) is 1. The number of amidine groups is 1. The lowest BCUT2D eigenvalue weighted by molar-refractivity contribution is -0.126. The van der Waals surface area contributed by atoms with Crippen LogP contribution in [0.5, 0.6) is 0 Å².